The van der Waals surface area contributed by atoms with E-state index in [2.05, 4.69) is 5.32 Å². The average Bonchev–Trinajstić information content (AvgIpc) is 2.22. The molecule has 0 saturated carbocycles. The maximum atomic E-state index is 13.2. The van der Waals surface area contributed by atoms with Crippen LogP contribution in [0.5, 0.6) is 0 Å². The van der Waals surface area contributed by atoms with Gasteiger partial charge in [0.15, 0.2) is 0 Å². The first-order valence-corrected chi connectivity index (χ1v) is 5.30. The van der Waals surface area contributed by atoms with E-state index in [1.807, 2.05) is 19.9 Å². The zero-order valence-electron chi connectivity index (χ0n) is 9.46. The minimum atomic E-state index is -0.683. The summed E-state index contributed by atoms with van der Waals surface area (Å²) in [5.74, 6) is -0.683. The zero-order chi connectivity index (χ0) is 13.0. The molecule has 1 N–H and O–H groups in total. The monoisotopic (exact) mass is 258 g/mol. The van der Waals surface area contributed by atoms with Gasteiger partial charge >= 0.3 is 0 Å². The summed E-state index contributed by atoms with van der Waals surface area (Å²) in [7, 11) is 0. The maximum absolute atomic E-state index is 13.2. The molecule has 17 heavy (non-hydrogen) atoms. The van der Waals surface area contributed by atoms with E-state index in [1.54, 1.807) is 0 Å². The number of rotatable bonds is 4. The molecular weight excluding hydrogens is 247 g/mol. The number of halogens is 2. The molecule has 0 heterocycles. The molecule has 92 valence electrons. The fourth-order valence-corrected chi connectivity index (χ4v) is 1.35. The van der Waals surface area contributed by atoms with Gasteiger partial charge in [0.05, 0.1) is 9.95 Å². The van der Waals surface area contributed by atoms with Gasteiger partial charge in [0.2, 0.25) is 0 Å². The van der Waals surface area contributed by atoms with Gasteiger partial charge in [-0.2, -0.15) is 0 Å². The molecule has 0 unspecified atom stereocenters. The summed E-state index contributed by atoms with van der Waals surface area (Å²) in [6.07, 6.45) is 1.84. The van der Waals surface area contributed by atoms with E-state index in [0.717, 1.165) is 17.7 Å². The first kappa shape index (κ1) is 13.4. The molecule has 1 rings (SSSR count). The van der Waals surface area contributed by atoms with E-state index < -0.39 is 10.7 Å². The fourth-order valence-electron chi connectivity index (χ4n) is 1.19. The van der Waals surface area contributed by atoms with Crippen molar-refractivity contribution in [2.24, 2.45) is 0 Å². The Morgan fingerprint density at radius 2 is 2.24 bits per heavy atom. The highest BCUT2D eigenvalue weighted by Gasteiger charge is 2.16. The molecule has 0 radical (unpaired) electrons. The van der Waals surface area contributed by atoms with Gasteiger partial charge in [-0.25, -0.2) is 4.39 Å². The van der Waals surface area contributed by atoms with Crippen LogP contribution in [0.4, 0.5) is 15.8 Å². The second-order valence-corrected chi connectivity index (χ2v) is 4.11. The van der Waals surface area contributed by atoms with Crippen LogP contribution in [0.2, 0.25) is 5.02 Å². The van der Waals surface area contributed by atoms with E-state index in [4.69, 9.17) is 11.6 Å². The van der Waals surface area contributed by atoms with Crippen LogP contribution >= 0.6 is 11.6 Å². The third-order valence-electron chi connectivity index (χ3n) is 2.04. The van der Waals surface area contributed by atoms with E-state index in [0.29, 0.717) is 6.54 Å². The van der Waals surface area contributed by atoms with Crippen LogP contribution in [0.15, 0.2) is 23.8 Å². The Hall–Kier alpha value is -1.62. The maximum Gasteiger partial charge on any atom is 0.294 e. The lowest BCUT2D eigenvalue weighted by molar-refractivity contribution is -0.384. The minimum absolute atomic E-state index is 0.120. The molecule has 0 bridgehead atoms. The lowest BCUT2D eigenvalue weighted by atomic mass is 10.2. The van der Waals surface area contributed by atoms with Gasteiger partial charge in [-0.3, -0.25) is 10.1 Å². The molecule has 1 aromatic rings. The number of hydrogen-bond donors (Lipinski definition) is 1. The topological polar surface area (TPSA) is 55.2 Å². The highest BCUT2D eigenvalue weighted by atomic mass is 35.5. The second kappa shape index (κ2) is 5.63. The third-order valence-corrected chi connectivity index (χ3v) is 2.33. The molecule has 0 aliphatic heterocycles. The Morgan fingerprint density at radius 1 is 1.59 bits per heavy atom. The molecule has 6 heteroatoms. The summed E-state index contributed by atoms with van der Waals surface area (Å²) in [4.78, 5) is 10.2. The zero-order valence-corrected chi connectivity index (χ0v) is 10.2. The molecule has 0 spiro atoms. The van der Waals surface area contributed by atoms with Crippen LogP contribution in [0.3, 0.4) is 0 Å². The molecule has 0 aromatic heterocycles. The van der Waals surface area contributed by atoms with Crippen LogP contribution in [0.1, 0.15) is 13.8 Å². The largest absolute Gasteiger partial charge is 0.376 e. The van der Waals surface area contributed by atoms with Gasteiger partial charge in [0.1, 0.15) is 11.5 Å². The van der Waals surface area contributed by atoms with Crippen molar-refractivity contribution in [3.8, 4) is 0 Å². The van der Waals surface area contributed by atoms with Crippen molar-refractivity contribution in [1.82, 2.24) is 0 Å². The first-order valence-electron chi connectivity index (χ1n) is 4.92. The Morgan fingerprint density at radius 3 is 2.76 bits per heavy atom. The van der Waals surface area contributed by atoms with Crippen molar-refractivity contribution in [1.29, 1.82) is 0 Å². The SMILES string of the molecule is CC(C)=CCNc1cc(F)c(Cl)cc1[N+](=O)[O-]. The minimum Gasteiger partial charge on any atom is -0.376 e. The van der Waals surface area contributed by atoms with E-state index >= 15 is 0 Å². The van der Waals surface area contributed by atoms with Gasteiger partial charge in [-0.05, 0) is 13.8 Å². The number of anilines is 1. The summed E-state index contributed by atoms with van der Waals surface area (Å²) in [5, 5.41) is 13.3. The summed E-state index contributed by atoms with van der Waals surface area (Å²) in [6, 6.07) is 2.03. The van der Waals surface area contributed by atoms with Crippen molar-refractivity contribution in [2.75, 3.05) is 11.9 Å². The van der Waals surface area contributed by atoms with E-state index in [1.165, 1.54) is 0 Å². The molecule has 0 amide bonds. The number of benzene rings is 1. The van der Waals surface area contributed by atoms with Gasteiger partial charge < -0.3 is 5.32 Å². The Labute approximate surface area is 103 Å². The summed E-state index contributed by atoms with van der Waals surface area (Å²) in [6.45, 7) is 4.20. The van der Waals surface area contributed by atoms with Crippen LogP contribution in [-0.4, -0.2) is 11.5 Å². The molecule has 4 nitrogen and oxygen atoms in total. The van der Waals surface area contributed by atoms with E-state index in [-0.39, 0.29) is 16.4 Å². The first-order chi connectivity index (χ1) is 7.91. The van der Waals surface area contributed by atoms with Gasteiger partial charge in [0.25, 0.3) is 5.69 Å². The predicted octanol–water partition coefficient (Wildman–Crippen LogP) is 3.77. The Bertz CT molecular complexity index is 471. The molecule has 1 aromatic carbocycles. The van der Waals surface area contributed by atoms with Crippen molar-refractivity contribution in [2.45, 2.75) is 13.8 Å². The van der Waals surface area contributed by atoms with Crippen LogP contribution in [0.25, 0.3) is 0 Å². The van der Waals surface area contributed by atoms with Gasteiger partial charge in [-0.15, -0.1) is 0 Å². The van der Waals surface area contributed by atoms with Crippen molar-refractivity contribution < 1.29 is 9.31 Å². The van der Waals surface area contributed by atoms with Crippen LogP contribution in [0, 0.1) is 15.9 Å². The number of nitro groups is 1. The van der Waals surface area contributed by atoms with E-state index in [9.17, 15) is 14.5 Å². The van der Waals surface area contributed by atoms with Crippen molar-refractivity contribution in [3.63, 3.8) is 0 Å². The number of hydrogen-bond acceptors (Lipinski definition) is 3. The molecule has 0 aliphatic rings. The Kier molecular flexibility index (Phi) is 4.45. The molecule has 0 saturated heterocycles. The standard InChI is InChI=1S/C11H12ClFN2O2/c1-7(2)3-4-14-10-6-9(13)8(12)5-11(10)15(16)17/h3,5-6,14H,4H2,1-2H3. The quantitative estimate of drug-likeness (QED) is 0.508. The lowest BCUT2D eigenvalue weighted by Crippen LogP contribution is -2.03. The average molecular weight is 259 g/mol. The summed E-state index contributed by atoms with van der Waals surface area (Å²) in [5.41, 5.74) is 0.947. The fraction of sp³-hybridized carbons (Fsp3) is 0.273. The smallest absolute Gasteiger partial charge is 0.294 e. The lowest BCUT2D eigenvalue weighted by Gasteiger charge is -2.06. The van der Waals surface area contributed by atoms with Crippen LogP contribution in [-0.2, 0) is 0 Å². The predicted molar refractivity (Wildman–Crippen MR) is 66.0 cm³/mol. The molecular formula is C11H12ClFN2O2. The normalized spacial score (nSPS) is 9.88. The third kappa shape index (κ3) is 3.71. The molecule has 0 aliphatic carbocycles. The second-order valence-electron chi connectivity index (χ2n) is 3.70. The number of allylic oxidation sites excluding steroid dienone is 1. The molecule has 0 fully saturated rings. The Balaban J connectivity index is 3.00. The van der Waals surface area contributed by atoms with Crippen molar-refractivity contribution in [3.05, 3.63) is 44.7 Å². The highest BCUT2D eigenvalue weighted by molar-refractivity contribution is 6.31. The number of nitrogens with one attached hydrogen (secondary N) is 1. The summed E-state index contributed by atoms with van der Waals surface area (Å²) < 4.78 is 13.2. The van der Waals surface area contributed by atoms with Gasteiger partial charge in [0, 0.05) is 18.7 Å². The number of nitro benzene ring substituents is 1. The van der Waals surface area contributed by atoms with Crippen LogP contribution < -0.4 is 5.32 Å². The van der Waals surface area contributed by atoms with Crippen molar-refractivity contribution >= 4 is 23.0 Å². The van der Waals surface area contributed by atoms with Gasteiger partial charge in [-0.1, -0.05) is 23.3 Å². The highest BCUT2D eigenvalue weighted by Crippen LogP contribution is 2.30. The number of nitrogens with zero attached hydrogens (tertiary/aromatic N) is 1. The summed E-state index contributed by atoms with van der Waals surface area (Å²) >= 11 is 5.50. The molecule has 0 atom stereocenters.